The van der Waals surface area contributed by atoms with Crippen molar-refractivity contribution in [2.75, 3.05) is 26.2 Å². The molecule has 3 saturated heterocycles. The van der Waals surface area contributed by atoms with Crippen molar-refractivity contribution in [1.82, 2.24) is 4.72 Å². The van der Waals surface area contributed by atoms with E-state index in [1.54, 1.807) is 30.3 Å². The molecule has 0 amide bonds. The van der Waals surface area contributed by atoms with Crippen LogP contribution in [0.5, 0.6) is 0 Å². The van der Waals surface area contributed by atoms with Gasteiger partial charge in [0.2, 0.25) is 15.8 Å². The zero-order valence-corrected chi connectivity index (χ0v) is 21.6. The summed E-state index contributed by atoms with van der Waals surface area (Å²) in [7, 11) is -4.07. The predicted octanol–water partition coefficient (Wildman–Crippen LogP) is 3.88. The number of nitrogens with zero attached hydrogens (tertiary/aromatic N) is 1. The summed E-state index contributed by atoms with van der Waals surface area (Å²) in [5, 5.41) is 0. The molecule has 9 heteroatoms. The van der Waals surface area contributed by atoms with Crippen molar-refractivity contribution >= 4 is 21.8 Å². The summed E-state index contributed by atoms with van der Waals surface area (Å²) in [5.74, 6) is -1.05. The van der Waals surface area contributed by atoms with E-state index in [-0.39, 0.29) is 22.2 Å². The van der Waals surface area contributed by atoms with Gasteiger partial charge >= 0.3 is 5.97 Å². The lowest BCUT2D eigenvalue weighted by atomic mass is 9.82. The lowest BCUT2D eigenvalue weighted by molar-refractivity contribution is -0.938. The second-order valence-electron chi connectivity index (χ2n) is 10.2. The van der Waals surface area contributed by atoms with Gasteiger partial charge in [0.05, 0.1) is 18.0 Å². The van der Waals surface area contributed by atoms with E-state index in [4.69, 9.17) is 4.74 Å². The summed E-state index contributed by atoms with van der Waals surface area (Å²) in [4.78, 5) is 26.5. The van der Waals surface area contributed by atoms with E-state index in [1.165, 1.54) is 36.4 Å². The minimum Gasteiger partial charge on any atom is -0.455 e. The highest BCUT2D eigenvalue weighted by molar-refractivity contribution is 7.89. The van der Waals surface area contributed by atoms with Crippen LogP contribution in [0.4, 0.5) is 4.39 Å². The number of rotatable bonds is 9. The third kappa shape index (κ3) is 5.70. The van der Waals surface area contributed by atoms with E-state index in [1.807, 2.05) is 18.2 Å². The number of benzene rings is 3. The van der Waals surface area contributed by atoms with E-state index >= 15 is 0 Å². The summed E-state index contributed by atoms with van der Waals surface area (Å²) in [6, 6.07) is 20.6. The molecule has 0 radical (unpaired) electrons. The molecule has 0 saturated carbocycles. The van der Waals surface area contributed by atoms with Crippen LogP contribution < -0.4 is 4.72 Å². The fraction of sp³-hybridized carbons (Fsp3) is 0.310. The lowest BCUT2D eigenvalue weighted by Gasteiger charge is -2.51. The molecule has 2 atom stereocenters. The number of ether oxygens (including phenoxy) is 1. The Hall–Kier alpha value is -3.40. The molecule has 3 aromatic carbocycles. The Balaban J connectivity index is 1.35. The van der Waals surface area contributed by atoms with Gasteiger partial charge in [-0.15, -0.1) is 0 Å². The molecule has 6 rings (SSSR count). The van der Waals surface area contributed by atoms with Gasteiger partial charge in [0.1, 0.15) is 24.9 Å². The number of carbonyl (C=O) groups is 2. The average Bonchev–Trinajstić information content (AvgIpc) is 2.93. The number of ketones is 1. The second kappa shape index (κ2) is 10.8. The number of Topliss-reactive ketones (excluding diaryl/α,β-unsaturated/α-hetero) is 1. The molecular weight excluding hydrogens is 507 g/mol. The summed E-state index contributed by atoms with van der Waals surface area (Å²) >= 11 is 0. The third-order valence-electron chi connectivity index (χ3n) is 7.65. The fourth-order valence-corrected chi connectivity index (χ4v) is 6.74. The van der Waals surface area contributed by atoms with Gasteiger partial charge in [-0.25, -0.2) is 17.6 Å². The van der Waals surface area contributed by atoms with Crippen molar-refractivity contribution in [3.63, 3.8) is 0 Å². The van der Waals surface area contributed by atoms with Crippen molar-refractivity contribution in [3.8, 4) is 0 Å². The lowest BCUT2D eigenvalue weighted by Crippen LogP contribution is -2.66. The minimum absolute atomic E-state index is 0.00618. The normalized spacial score (nSPS) is 23.5. The Bertz CT molecular complexity index is 1390. The topological polar surface area (TPSA) is 89.5 Å². The van der Waals surface area contributed by atoms with Gasteiger partial charge in [-0.3, -0.25) is 4.79 Å². The van der Waals surface area contributed by atoms with Crippen molar-refractivity contribution in [1.29, 1.82) is 0 Å². The van der Waals surface area contributed by atoms with Crippen LogP contribution in [-0.4, -0.2) is 56.9 Å². The molecule has 3 fully saturated rings. The number of piperidine rings is 3. The second-order valence-corrected chi connectivity index (χ2v) is 11.9. The standard InChI is InChI=1S/C29H30FN2O5S/c30-24-13-11-23(12-14-24)28(31-38(35,36)25-9-5-2-6-10-25)29(34)37-27-20-32(17-15-22(27)16-18-32)19-26(33)21-7-3-1-4-8-21/h1-14,22,27-28,31H,15-20H2/q+1. The molecule has 38 heavy (non-hydrogen) atoms. The minimum atomic E-state index is -4.07. The zero-order chi connectivity index (χ0) is 26.8. The van der Waals surface area contributed by atoms with E-state index in [0.29, 0.717) is 23.1 Å². The van der Waals surface area contributed by atoms with Crippen LogP contribution in [0.2, 0.25) is 0 Å². The van der Waals surface area contributed by atoms with Gasteiger partial charge in [0, 0.05) is 24.3 Å². The number of esters is 1. The monoisotopic (exact) mass is 537 g/mol. The summed E-state index contributed by atoms with van der Waals surface area (Å²) < 4.78 is 48.8. The third-order valence-corrected chi connectivity index (χ3v) is 9.09. The fourth-order valence-electron chi connectivity index (χ4n) is 5.54. The SMILES string of the molecule is O=C(C[N+]12CCC(CC1)C(OC(=O)C(NS(=O)(=O)c1ccccc1)c1ccc(F)cc1)C2)c1ccccc1. The van der Waals surface area contributed by atoms with Crippen molar-refractivity contribution < 1.29 is 31.6 Å². The van der Waals surface area contributed by atoms with Crippen LogP contribution in [0.3, 0.4) is 0 Å². The quantitative estimate of drug-likeness (QED) is 0.254. The molecule has 0 spiro atoms. The van der Waals surface area contributed by atoms with E-state index in [0.717, 1.165) is 25.9 Å². The highest BCUT2D eigenvalue weighted by atomic mass is 32.2. The largest absolute Gasteiger partial charge is 0.455 e. The number of hydrogen-bond donors (Lipinski definition) is 1. The molecule has 2 bridgehead atoms. The smallest absolute Gasteiger partial charge is 0.329 e. The highest BCUT2D eigenvalue weighted by Crippen LogP contribution is 2.36. The Morgan fingerprint density at radius 3 is 2.16 bits per heavy atom. The van der Waals surface area contributed by atoms with Gasteiger partial charge in [0.25, 0.3) is 0 Å². The molecular formula is C29H30FN2O5S+. The molecule has 2 unspecified atom stereocenters. The van der Waals surface area contributed by atoms with Crippen LogP contribution in [0.25, 0.3) is 0 Å². The molecule has 3 aliphatic rings. The van der Waals surface area contributed by atoms with Crippen LogP contribution in [0.15, 0.2) is 89.8 Å². The summed E-state index contributed by atoms with van der Waals surface area (Å²) in [6.45, 7) is 2.49. The number of hydrogen-bond acceptors (Lipinski definition) is 5. The molecule has 0 aromatic heterocycles. The molecule has 198 valence electrons. The summed E-state index contributed by atoms with van der Waals surface area (Å²) in [6.07, 6.45) is 1.19. The number of carbonyl (C=O) groups excluding carboxylic acids is 2. The first-order chi connectivity index (χ1) is 18.2. The van der Waals surface area contributed by atoms with Gasteiger partial charge in [-0.1, -0.05) is 60.7 Å². The maximum Gasteiger partial charge on any atom is 0.329 e. The van der Waals surface area contributed by atoms with Crippen LogP contribution in [0.1, 0.15) is 34.8 Å². The molecule has 3 heterocycles. The van der Waals surface area contributed by atoms with Gasteiger partial charge < -0.3 is 9.22 Å². The Kier molecular flexibility index (Phi) is 7.43. The Morgan fingerprint density at radius 2 is 1.53 bits per heavy atom. The molecule has 3 aromatic rings. The molecule has 0 aliphatic carbocycles. The molecule has 1 N–H and O–H groups in total. The van der Waals surface area contributed by atoms with Gasteiger partial charge in [-0.05, 0) is 29.8 Å². The number of fused-ring (bicyclic) bond motifs is 3. The zero-order valence-electron chi connectivity index (χ0n) is 20.8. The first-order valence-corrected chi connectivity index (χ1v) is 14.2. The number of nitrogens with one attached hydrogen (secondary N) is 1. The summed E-state index contributed by atoms with van der Waals surface area (Å²) in [5.41, 5.74) is 0.938. The average molecular weight is 538 g/mol. The first-order valence-electron chi connectivity index (χ1n) is 12.7. The van der Waals surface area contributed by atoms with Crippen LogP contribution in [-0.2, 0) is 19.6 Å². The predicted molar refractivity (Wildman–Crippen MR) is 139 cm³/mol. The molecule has 3 aliphatic heterocycles. The number of halogens is 1. The maximum absolute atomic E-state index is 13.6. The van der Waals surface area contributed by atoms with Crippen LogP contribution in [0, 0.1) is 11.7 Å². The van der Waals surface area contributed by atoms with Crippen LogP contribution >= 0.6 is 0 Å². The molecule has 7 nitrogen and oxygen atoms in total. The first kappa shape index (κ1) is 26.2. The Labute approximate surface area is 221 Å². The number of sulfonamides is 1. The number of quaternary nitrogens is 1. The maximum atomic E-state index is 13.6. The van der Waals surface area contributed by atoms with Crippen molar-refractivity contribution in [2.24, 2.45) is 5.92 Å². The van der Waals surface area contributed by atoms with Crippen molar-refractivity contribution in [2.45, 2.75) is 29.9 Å². The van der Waals surface area contributed by atoms with Gasteiger partial charge in [0.15, 0.2) is 6.10 Å². The highest BCUT2D eigenvalue weighted by Gasteiger charge is 2.49. The Morgan fingerprint density at radius 1 is 0.921 bits per heavy atom. The van der Waals surface area contributed by atoms with E-state index in [2.05, 4.69) is 4.72 Å². The van der Waals surface area contributed by atoms with E-state index < -0.39 is 34.0 Å². The van der Waals surface area contributed by atoms with Gasteiger partial charge in [-0.2, -0.15) is 4.72 Å². The van der Waals surface area contributed by atoms with E-state index in [9.17, 15) is 22.4 Å². The van der Waals surface area contributed by atoms with Crippen molar-refractivity contribution in [3.05, 3.63) is 102 Å².